The van der Waals surface area contributed by atoms with Crippen molar-refractivity contribution in [3.63, 3.8) is 0 Å². The fourth-order valence-corrected chi connectivity index (χ4v) is 3.17. The summed E-state index contributed by atoms with van der Waals surface area (Å²) in [4.78, 5) is 27.0. The Morgan fingerprint density at radius 3 is 2.58 bits per heavy atom. The average Bonchev–Trinajstić information content (AvgIpc) is 3.08. The number of carboxylic acid groups (broad SMARTS) is 1. The zero-order valence-electron chi connectivity index (χ0n) is 14.5. The van der Waals surface area contributed by atoms with E-state index in [9.17, 15) is 9.59 Å². The molecule has 26 heavy (non-hydrogen) atoms. The molecule has 1 aliphatic carbocycles. The minimum Gasteiger partial charge on any atom is -0.481 e. The summed E-state index contributed by atoms with van der Waals surface area (Å²) in [6.07, 6.45) is 8.76. The van der Waals surface area contributed by atoms with Crippen LogP contribution in [0.4, 0.5) is 10.6 Å². The number of aryl methyl sites for hydroxylation is 2. The normalized spacial score (nSPS) is 19.7. The number of urea groups is 1. The summed E-state index contributed by atoms with van der Waals surface area (Å²) in [6.45, 7) is 0.715. The number of amides is 2. The van der Waals surface area contributed by atoms with Crippen molar-refractivity contribution < 1.29 is 14.7 Å². The van der Waals surface area contributed by atoms with Crippen molar-refractivity contribution in [2.24, 2.45) is 5.92 Å². The summed E-state index contributed by atoms with van der Waals surface area (Å²) in [5.41, 5.74) is 1.18. The molecule has 0 saturated heterocycles. The molecule has 138 valence electrons. The van der Waals surface area contributed by atoms with Gasteiger partial charge in [-0.15, -0.1) is 0 Å². The molecule has 1 saturated carbocycles. The van der Waals surface area contributed by atoms with Gasteiger partial charge in [0, 0.05) is 37.2 Å². The molecule has 0 aliphatic heterocycles. The zero-order chi connectivity index (χ0) is 18.4. The van der Waals surface area contributed by atoms with Gasteiger partial charge in [-0.05, 0) is 49.8 Å². The topological polar surface area (TPSA) is 109 Å². The molecule has 2 aromatic heterocycles. The molecular weight excluding hydrogens is 334 g/mol. The van der Waals surface area contributed by atoms with Gasteiger partial charge in [-0.25, -0.2) is 4.79 Å². The highest BCUT2D eigenvalue weighted by atomic mass is 16.4. The van der Waals surface area contributed by atoms with E-state index < -0.39 is 5.97 Å². The second kappa shape index (κ2) is 8.46. The monoisotopic (exact) mass is 357 g/mol. The second-order valence-corrected chi connectivity index (χ2v) is 6.55. The Kier molecular flexibility index (Phi) is 5.83. The molecule has 0 bridgehead atoms. The highest BCUT2D eigenvalue weighted by molar-refractivity contribution is 5.88. The molecule has 1 fully saturated rings. The lowest BCUT2D eigenvalue weighted by Gasteiger charge is -2.26. The Bertz CT molecular complexity index is 738. The van der Waals surface area contributed by atoms with Crippen LogP contribution < -0.4 is 10.6 Å². The maximum Gasteiger partial charge on any atom is 0.320 e. The molecule has 8 heteroatoms. The third kappa shape index (κ3) is 5.05. The smallest absolute Gasteiger partial charge is 0.320 e. The molecule has 3 N–H and O–H groups in total. The number of hydrogen-bond donors (Lipinski definition) is 3. The number of aromatic nitrogens is 3. The standard InChI is InChI=1S/C18H23N5O3/c24-17(25)14-1-3-15(4-2-14)20-18(26)21-16-8-12-23(22-16)11-7-13-5-9-19-10-6-13/h5-6,8-10,12,14-15H,1-4,7,11H2,(H,24,25)(H2,20,21,22,26). The molecule has 8 nitrogen and oxygen atoms in total. The number of anilines is 1. The van der Waals surface area contributed by atoms with Crippen LogP contribution in [-0.2, 0) is 17.8 Å². The number of nitrogens with zero attached hydrogens (tertiary/aromatic N) is 3. The van der Waals surface area contributed by atoms with Crippen molar-refractivity contribution in [2.75, 3.05) is 5.32 Å². The molecule has 3 rings (SSSR count). The van der Waals surface area contributed by atoms with Gasteiger partial charge in [0.15, 0.2) is 5.82 Å². The molecule has 0 radical (unpaired) electrons. The van der Waals surface area contributed by atoms with E-state index in [1.807, 2.05) is 18.3 Å². The minimum absolute atomic E-state index is 0.0133. The van der Waals surface area contributed by atoms with Crippen LogP contribution in [0, 0.1) is 5.92 Å². The lowest BCUT2D eigenvalue weighted by Crippen LogP contribution is -2.41. The summed E-state index contributed by atoms with van der Waals surface area (Å²) in [5.74, 6) is -0.533. The third-order valence-corrected chi connectivity index (χ3v) is 4.67. The maximum absolute atomic E-state index is 12.1. The molecule has 0 spiro atoms. The number of carbonyl (C=O) groups is 2. The fraction of sp³-hybridized carbons (Fsp3) is 0.444. The van der Waals surface area contributed by atoms with Crippen LogP contribution in [0.3, 0.4) is 0 Å². The largest absolute Gasteiger partial charge is 0.481 e. The second-order valence-electron chi connectivity index (χ2n) is 6.55. The zero-order valence-corrected chi connectivity index (χ0v) is 14.5. The Balaban J connectivity index is 1.42. The molecular formula is C18H23N5O3. The van der Waals surface area contributed by atoms with Crippen LogP contribution in [-0.4, -0.2) is 37.9 Å². The Labute approximate surface area is 151 Å². The molecule has 0 aromatic carbocycles. The summed E-state index contributed by atoms with van der Waals surface area (Å²) in [5, 5.41) is 19.0. The van der Waals surface area contributed by atoms with E-state index in [1.165, 1.54) is 5.56 Å². The van der Waals surface area contributed by atoms with E-state index in [2.05, 4.69) is 20.7 Å². The third-order valence-electron chi connectivity index (χ3n) is 4.67. The lowest BCUT2D eigenvalue weighted by atomic mass is 9.86. The van der Waals surface area contributed by atoms with Crippen LogP contribution in [0.5, 0.6) is 0 Å². The Morgan fingerprint density at radius 2 is 1.88 bits per heavy atom. The molecule has 1 aliphatic rings. The number of rotatable bonds is 6. The summed E-state index contributed by atoms with van der Waals surface area (Å²) in [7, 11) is 0. The predicted molar refractivity (Wildman–Crippen MR) is 95.7 cm³/mol. The highest BCUT2D eigenvalue weighted by Gasteiger charge is 2.26. The van der Waals surface area contributed by atoms with E-state index in [0.29, 0.717) is 38.0 Å². The predicted octanol–water partition coefficient (Wildman–Crippen LogP) is 2.29. The fourth-order valence-electron chi connectivity index (χ4n) is 3.17. The van der Waals surface area contributed by atoms with Gasteiger partial charge in [-0.1, -0.05) is 0 Å². The van der Waals surface area contributed by atoms with E-state index in [-0.39, 0.29) is 18.0 Å². The van der Waals surface area contributed by atoms with E-state index in [0.717, 1.165) is 6.42 Å². The summed E-state index contributed by atoms with van der Waals surface area (Å²) < 4.78 is 1.79. The average molecular weight is 357 g/mol. The van der Waals surface area contributed by atoms with Gasteiger partial charge in [0.05, 0.1) is 5.92 Å². The van der Waals surface area contributed by atoms with Gasteiger partial charge in [0.2, 0.25) is 0 Å². The SMILES string of the molecule is O=C(Nc1ccn(CCc2ccncc2)n1)NC1CCC(C(=O)O)CC1. The van der Waals surface area contributed by atoms with Gasteiger partial charge in [0.25, 0.3) is 0 Å². The Hall–Kier alpha value is -2.90. The number of nitrogens with one attached hydrogen (secondary N) is 2. The number of pyridine rings is 1. The van der Waals surface area contributed by atoms with Gasteiger partial charge in [0.1, 0.15) is 0 Å². The maximum atomic E-state index is 12.1. The molecule has 0 unspecified atom stereocenters. The van der Waals surface area contributed by atoms with Crippen molar-refractivity contribution in [3.8, 4) is 0 Å². The van der Waals surface area contributed by atoms with E-state index in [4.69, 9.17) is 5.11 Å². The number of carboxylic acids is 1. The first-order chi connectivity index (χ1) is 12.6. The minimum atomic E-state index is -0.745. The van der Waals surface area contributed by atoms with Crippen molar-refractivity contribution in [2.45, 2.75) is 44.7 Å². The first kappa shape index (κ1) is 17.9. The van der Waals surface area contributed by atoms with Gasteiger partial charge >= 0.3 is 12.0 Å². The Morgan fingerprint density at radius 1 is 1.15 bits per heavy atom. The van der Waals surface area contributed by atoms with Crippen LogP contribution in [0.15, 0.2) is 36.8 Å². The van der Waals surface area contributed by atoms with Crippen LogP contribution in [0.25, 0.3) is 0 Å². The van der Waals surface area contributed by atoms with Crippen molar-refractivity contribution in [1.29, 1.82) is 0 Å². The highest BCUT2D eigenvalue weighted by Crippen LogP contribution is 2.24. The summed E-state index contributed by atoms with van der Waals surface area (Å²) >= 11 is 0. The van der Waals surface area contributed by atoms with Crippen LogP contribution in [0.2, 0.25) is 0 Å². The molecule has 2 aromatic rings. The molecule has 2 heterocycles. The van der Waals surface area contributed by atoms with E-state index >= 15 is 0 Å². The summed E-state index contributed by atoms with van der Waals surface area (Å²) in [6, 6.07) is 5.40. The molecule has 0 atom stereocenters. The quantitative estimate of drug-likeness (QED) is 0.735. The first-order valence-corrected chi connectivity index (χ1v) is 8.83. The van der Waals surface area contributed by atoms with Crippen molar-refractivity contribution in [1.82, 2.24) is 20.1 Å². The number of hydrogen-bond acceptors (Lipinski definition) is 4. The number of aliphatic carboxylic acids is 1. The van der Waals surface area contributed by atoms with Gasteiger partial charge in [-0.3, -0.25) is 19.8 Å². The van der Waals surface area contributed by atoms with E-state index in [1.54, 1.807) is 23.1 Å². The first-order valence-electron chi connectivity index (χ1n) is 8.83. The van der Waals surface area contributed by atoms with Gasteiger partial charge in [-0.2, -0.15) is 5.10 Å². The lowest BCUT2D eigenvalue weighted by molar-refractivity contribution is -0.142. The van der Waals surface area contributed by atoms with Gasteiger partial charge < -0.3 is 10.4 Å². The molecule has 2 amide bonds. The van der Waals surface area contributed by atoms with Crippen LogP contribution >= 0.6 is 0 Å². The van der Waals surface area contributed by atoms with Crippen molar-refractivity contribution in [3.05, 3.63) is 42.4 Å². The van der Waals surface area contributed by atoms with Crippen LogP contribution in [0.1, 0.15) is 31.2 Å². The van der Waals surface area contributed by atoms with Crippen molar-refractivity contribution >= 4 is 17.8 Å². The number of carbonyl (C=O) groups excluding carboxylic acids is 1.